The van der Waals surface area contributed by atoms with Crippen LogP contribution in [0.3, 0.4) is 0 Å². The third kappa shape index (κ3) is 6.32. The molecule has 0 unspecified atom stereocenters. The lowest BCUT2D eigenvalue weighted by Gasteiger charge is -2.26. The largest absolute Gasteiger partial charge is 0.462 e. The molecule has 3 rings (SSSR count). The Morgan fingerprint density at radius 2 is 1.52 bits per heavy atom. The molecule has 0 radical (unpaired) electrons. The highest BCUT2D eigenvalue weighted by atomic mass is 35.5. The van der Waals surface area contributed by atoms with Crippen molar-refractivity contribution in [3.05, 3.63) is 99.0 Å². The standard InChI is InChI=1S/C25H22Cl2N2O3S/c1-3-32-24(31)18-11-13-19(14-12-18)29(15-20-21(26)5-4-6-22(20)27)25(33)28-23(30)17-9-7-16(2)8-10-17/h4-14H,3,15H2,1-2H3,(H,28,30,33). The summed E-state index contributed by atoms with van der Waals surface area (Å²) in [5.41, 5.74) is 3.24. The van der Waals surface area contributed by atoms with Crippen LogP contribution in [0.25, 0.3) is 0 Å². The van der Waals surface area contributed by atoms with Crippen molar-refractivity contribution in [1.82, 2.24) is 5.32 Å². The number of thiocarbonyl (C=S) groups is 1. The lowest BCUT2D eigenvalue weighted by Crippen LogP contribution is -2.42. The zero-order chi connectivity index (χ0) is 24.0. The van der Waals surface area contributed by atoms with Gasteiger partial charge in [-0.3, -0.25) is 10.1 Å². The average molecular weight is 501 g/mol. The number of hydrogen-bond acceptors (Lipinski definition) is 4. The van der Waals surface area contributed by atoms with Gasteiger partial charge in [0.2, 0.25) is 0 Å². The molecular weight excluding hydrogens is 479 g/mol. The minimum atomic E-state index is -0.417. The average Bonchev–Trinajstić information content (AvgIpc) is 2.79. The minimum Gasteiger partial charge on any atom is -0.462 e. The number of carbonyl (C=O) groups is 2. The van der Waals surface area contributed by atoms with Crippen LogP contribution in [-0.4, -0.2) is 23.6 Å². The minimum absolute atomic E-state index is 0.167. The van der Waals surface area contributed by atoms with E-state index in [1.54, 1.807) is 66.4 Å². The van der Waals surface area contributed by atoms with Crippen molar-refractivity contribution in [2.75, 3.05) is 11.5 Å². The van der Waals surface area contributed by atoms with E-state index in [2.05, 4.69) is 5.32 Å². The number of esters is 1. The Labute approximate surface area is 208 Å². The summed E-state index contributed by atoms with van der Waals surface area (Å²) in [6.45, 7) is 4.19. The maximum atomic E-state index is 12.8. The van der Waals surface area contributed by atoms with Gasteiger partial charge in [-0.1, -0.05) is 47.0 Å². The molecule has 3 aromatic carbocycles. The Balaban J connectivity index is 1.91. The summed E-state index contributed by atoms with van der Waals surface area (Å²) in [6, 6.07) is 19.1. The van der Waals surface area contributed by atoms with E-state index in [-0.39, 0.29) is 24.2 Å². The number of rotatable bonds is 6. The van der Waals surface area contributed by atoms with E-state index in [9.17, 15) is 9.59 Å². The van der Waals surface area contributed by atoms with Crippen LogP contribution in [0.5, 0.6) is 0 Å². The normalized spacial score (nSPS) is 10.4. The van der Waals surface area contributed by atoms with Crippen molar-refractivity contribution in [2.45, 2.75) is 20.4 Å². The molecule has 0 aromatic heterocycles. The van der Waals surface area contributed by atoms with Crippen LogP contribution >= 0.6 is 35.4 Å². The highest BCUT2D eigenvalue weighted by Crippen LogP contribution is 2.28. The van der Waals surface area contributed by atoms with Crippen molar-refractivity contribution < 1.29 is 14.3 Å². The lowest BCUT2D eigenvalue weighted by molar-refractivity contribution is 0.0526. The number of benzene rings is 3. The van der Waals surface area contributed by atoms with Gasteiger partial charge in [-0.05, 0) is 74.6 Å². The molecule has 0 bridgehead atoms. The summed E-state index contributed by atoms with van der Waals surface area (Å²) in [4.78, 5) is 26.5. The first kappa shape index (κ1) is 24.7. The molecule has 5 nitrogen and oxygen atoms in total. The van der Waals surface area contributed by atoms with Gasteiger partial charge in [-0.25, -0.2) is 4.79 Å². The molecule has 1 amide bonds. The fraction of sp³-hybridized carbons (Fsp3) is 0.160. The number of nitrogens with zero attached hydrogens (tertiary/aromatic N) is 1. The molecule has 0 heterocycles. The molecule has 1 N–H and O–H groups in total. The van der Waals surface area contributed by atoms with Crippen molar-refractivity contribution in [2.24, 2.45) is 0 Å². The summed E-state index contributed by atoms with van der Waals surface area (Å²) < 4.78 is 5.04. The molecule has 0 atom stereocenters. The lowest BCUT2D eigenvalue weighted by atomic mass is 10.1. The molecule has 0 aliphatic carbocycles. The smallest absolute Gasteiger partial charge is 0.338 e. The zero-order valence-corrected chi connectivity index (χ0v) is 20.4. The molecule has 3 aromatic rings. The van der Waals surface area contributed by atoms with E-state index in [0.29, 0.717) is 32.4 Å². The van der Waals surface area contributed by atoms with Gasteiger partial charge in [0.1, 0.15) is 0 Å². The summed E-state index contributed by atoms with van der Waals surface area (Å²) in [5.74, 6) is -0.751. The highest BCUT2D eigenvalue weighted by Gasteiger charge is 2.19. The fourth-order valence-electron chi connectivity index (χ4n) is 3.06. The predicted octanol–water partition coefficient (Wildman–Crippen LogP) is 6.20. The second kappa shape index (κ2) is 11.3. The van der Waals surface area contributed by atoms with Crippen LogP contribution in [-0.2, 0) is 11.3 Å². The molecular formula is C25H22Cl2N2O3S. The summed E-state index contributed by atoms with van der Waals surface area (Å²) in [6.07, 6.45) is 0. The Hall–Kier alpha value is -2.93. The maximum absolute atomic E-state index is 12.8. The summed E-state index contributed by atoms with van der Waals surface area (Å²) in [7, 11) is 0. The van der Waals surface area contributed by atoms with Gasteiger partial charge < -0.3 is 9.64 Å². The molecule has 0 saturated heterocycles. The molecule has 170 valence electrons. The quantitative estimate of drug-likeness (QED) is 0.322. The third-order valence-electron chi connectivity index (χ3n) is 4.85. The van der Waals surface area contributed by atoms with Crippen LogP contribution in [0.2, 0.25) is 10.0 Å². The number of hydrogen-bond donors (Lipinski definition) is 1. The van der Waals surface area contributed by atoms with Crippen LogP contribution in [0, 0.1) is 6.92 Å². The van der Waals surface area contributed by atoms with E-state index >= 15 is 0 Å². The Morgan fingerprint density at radius 3 is 2.09 bits per heavy atom. The Kier molecular flexibility index (Phi) is 8.44. The number of aryl methyl sites for hydroxylation is 1. The van der Waals surface area contributed by atoms with Gasteiger partial charge in [0.15, 0.2) is 5.11 Å². The van der Waals surface area contributed by atoms with E-state index in [1.165, 1.54) is 0 Å². The maximum Gasteiger partial charge on any atom is 0.338 e. The van der Waals surface area contributed by atoms with Crippen molar-refractivity contribution >= 4 is 58.1 Å². The van der Waals surface area contributed by atoms with Crippen LogP contribution in [0.1, 0.15) is 38.8 Å². The van der Waals surface area contributed by atoms with Gasteiger partial charge in [-0.15, -0.1) is 0 Å². The van der Waals surface area contributed by atoms with E-state index in [0.717, 1.165) is 5.56 Å². The Morgan fingerprint density at radius 1 is 0.939 bits per heavy atom. The van der Waals surface area contributed by atoms with E-state index in [1.807, 2.05) is 19.1 Å². The summed E-state index contributed by atoms with van der Waals surface area (Å²) in [5, 5.41) is 3.89. The van der Waals surface area contributed by atoms with Gasteiger partial charge in [0.05, 0.1) is 18.7 Å². The van der Waals surface area contributed by atoms with Gasteiger partial charge >= 0.3 is 5.97 Å². The Bertz CT molecular complexity index is 1150. The van der Waals surface area contributed by atoms with Crippen LogP contribution in [0.4, 0.5) is 5.69 Å². The second-order valence-electron chi connectivity index (χ2n) is 7.18. The number of carbonyl (C=O) groups excluding carboxylic acids is 2. The molecule has 0 aliphatic rings. The SMILES string of the molecule is CCOC(=O)c1ccc(N(Cc2c(Cl)cccc2Cl)C(=S)NC(=O)c2ccc(C)cc2)cc1. The topological polar surface area (TPSA) is 58.6 Å². The molecule has 33 heavy (non-hydrogen) atoms. The number of ether oxygens (including phenoxy) is 1. The zero-order valence-electron chi connectivity index (χ0n) is 18.1. The number of nitrogens with one attached hydrogen (secondary N) is 1. The molecule has 0 spiro atoms. The molecule has 0 saturated carbocycles. The molecule has 0 fully saturated rings. The third-order valence-corrected chi connectivity index (χ3v) is 5.88. The predicted molar refractivity (Wildman–Crippen MR) is 136 cm³/mol. The van der Waals surface area contributed by atoms with E-state index in [4.69, 9.17) is 40.2 Å². The first-order valence-corrected chi connectivity index (χ1v) is 11.4. The van der Waals surface area contributed by atoms with Crippen molar-refractivity contribution in [1.29, 1.82) is 0 Å². The number of halogens is 2. The first-order valence-electron chi connectivity index (χ1n) is 10.2. The van der Waals surface area contributed by atoms with Crippen molar-refractivity contribution in [3.8, 4) is 0 Å². The van der Waals surface area contributed by atoms with Gasteiger partial charge in [-0.2, -0.15) is 0 Å². The van der Waals surface area contributed by atoms with Gasteiger partial charge in [0.25, 0.3) is 5.91 Å². The summed E-state index contributed by atoms with van der Waals surface area (Å²) >= 11 is 18.3. The fourth-order valence-corrected chi connectivity index (χ4v) is 3.84. The molecule has 0 aliphatic heterocycles. The number of anilines is 1. The van der Waals surface area contributed by atoms with Crippen LogP contribution < -0.4 is 10.2 Å². The monoisotopic (exact) mass is 500 g/mol. The van der Waals surface area contributed by atoms with E-state index < -0.39 is 5.97 Å². The van der Waals surface area contributed by atoms with Gasteiger partial charge in [0, 0.05) is 26.9 Å². The second-order valence-corrected chi connectivity index (χ2v) is 8.38. The first-order chi connectivity index (χ1) is 15.8. The van der Waals surface area contributed by atoms with Crippen molar-refractivity contribution in [3.63, 3.8) is 0 Å². The van der Waals surface area contributed by atoms with Crippen LogP contribution in [0.15, 0.2) is 66.7 Å². The number of amides is 1. The highest BCUT2D eigenvalue weighted by molar-refractivity contribution is 7.80. The molecule has 8 heteroatoms.